The zero-order valence-corrected chi connectivity index (χ0v) is 14.4. The first-order chi connectivity index (χ1) is 12.1. The van der Waals surface area contributed by atoms with E-state index in [1.807, 2.05) is 24.3 Å². The molecule has 0 saturated carbocycles. The molecule has 0 amide bonds. The Labute approximate surface area is 146 Å². The molecule has 0 saturated heterocycles. The number of fused-ring (bicyclic) bond motifs is 2. The van der Waals surface area contributed by atoms with Crippen LogP contribution in [0.2, 0.25) is 0 Å². The van der Waals surface area contributed by atoms with Crippen LogP contribution in [0.1, 0.15) is 5.56 Å². The van der Waals surface area contributed by atoms with E-state index in [9.17, 15) is 8.42 Å². The Kier molecular flexibility index (Phi) is 4.27. The molecule has 1 N–H and O–H groups in total. The van der Waals surface area contributed by atoms with Gasteiger partial charge in [0.25, 0.3) is 0 Å². The van der Waals surface area contributed by atoms with Gasteiger partial charge < -0.3 is 14.2 Å². The van der Waals surface area contributed by atoms with E-state index in [2.05, 4.69) is 4.72 Å². The highest BCUT2D eigenvalue weighted by atomic mass is 32.2. The molecular weight excluding hydrogens is 342 g/mol. The summed E-state index contributed by atoms with van der Waals surface area (Å²) in [6.07, 6.45) is 0.792. The van der Waals surface area contributed by atoms with Gasteiger partial charge in [0.1, 0.15) is 19.0 Å². The Morgan fingerprint density at radius 2 is 1.76 bits per heavy atom. The third kappa shape index (κ3) is 3.43. The van der Waals surface area contributed by atoms with Crippen LogP contribution in [0.15, 0.2) is 47.4 Å². The van der Waals surface area contributed by atoms with Gasteiger partial charge in [-0.25, -0.2) is 13.1 Å². The quantitative estimate of drug-likeness (QED) is 0.901. The molecule has 25 heavy (non-hydrogen) atoms. The van der Waals surface area contributed by atoms with E-state index in [1.165, 1.54) is 12.1 Å². The van der Waals surface area contributed by atoms with Crippen molar-refractivity contribution in [3.8, 4) is 17.2 Å². The average Bonchev–Trinajstić information content (AvgIpc) is 2.66. The number of nitrogens with one attached hydrogen (secondary N) is 1. The fourth-order valence-electron chi connectivity index (χ4n) is 3.02. The highest BCUT2D eigenvalue weighted by Gasteiger charge is 2.23. The van der Waals surface area contributed by atoms with Crippen molar-refractivity contribution >= 4 is 10.0 Å². The molecule has 2 aromatic rings. The standard InChI is InChI=1S/C18H19NO5S/c20-25(21,15-5-6-17-18(10-15)23-8-7-22-17)19-11-13-9-14-3-1-2-4-16(14)24-12-13/h1-6,10,13,19H,7-9,11-12H2/t13-/m0/s1. The largest absolute Gasteiger partial charge is 0.493 e. The number of ether oxygens (including phenoxy) is 3. The van der Waals surface area contributed by atoms with Crippen molar-refractivity contribution in [3.63, 3.8) is 0 Å². The second-order valence-corrected chi connectivity index (χ2v) is 7.91. The van der Waals surface area contributed by atoms with Gasteiger partial charge in [0, 0.05) is 18.5 Å². The summed E-state index contributed by atoms with van der Waals surface area (Å²) in [6, 6.07) is 12.5. The van der Waals surface area contributed by atoms with Crippen molar-refractivity contribution in [2.75, 3.05) is 26.4 Å². The Hall–Kier alpha value is -2.25. The van der Waals surface area contributed by atoms with Crippen LogP contribution in [0, 0.1) is 5.92 Å². The number of rotatable bonds is 4. The lowest BCUT2D eigenvalue weighted by Crippen LogP contribution is -2.34. The minimum absolute atomic E-state index is 0.0990. The molecule has 2 heterocycles. The van der Waals surface area contributed by atoms with Gasteiger partial charge >= 0.3 is 0 Å². The SMILES string of the molecule is O=S(=O)(NC[C@H]1COc2ccccc2C1)c1ccc2c(c1)OCCO2. The molecule has 0 spiro atoms. The van der Waals surface area contributed by atoms with Crippen molar-refractivity contribution in [1.82, 2.24) is 4.72 Å². The smallest absolute Gasteiger partial charge is 0.240 e. The molecule has 7 heteroatoms. The fraction of sp³-hybridized carbons (Fsp3) is 0.333. The second kappa shape index (κ2) is 6.57. The van der Waals surface area contributed by atoms with E-state index < -0.39 is 10.0 Å². The summed E-state index contributed by atoms with van der Waals surface area (Å²) in [7, 11) is -3.61. The summed E-state index contributed by atoms with van der Waals surface area (Å²) in [5.41, 5.74) is 1.11. The van der Waals surface area contributed by atoms with Crippen LogP contribution in [-0.2, 0) is 16.4 Å². The van der Waals surface area contributed by atoms with Crippen LogP contribution in [0.3, 0.4) is 0 Å². The summed E-state index contributed by atoms with van der Waals surface area (Å²) in [6.45, 7) is 1.72. The summed E-state index contributed by atoms with van der Waals surface area (Å²) in [4.78, 5) is 0.175. The van der Waals surface area contributed by atoms with E-state index in [0.29, 0.717) is 37.9 Å². The molecule has 0 fully saturated rings. The van der Waals surface area contributed by atoms with Crippen LogP contribution in [0.25, 0.3) is 0 Å². The molecule has 0 bridgehead atoms. The first kappa shape index (κ1) is 16.2. The van der Waals surface area contributed by atoms with E-state index in [-0.39, 0.29) is 10.8 Å². The normalized spacial score (nSPS) is 19.0. The maximum atomic E-state index is 12.6. The first-order valence-corrected chi connectivity index (χ1v) is 9.70. The van der Waals surface area contributed by atoms with E-state index >= 15 is 0 Å². The van der Waals surface area contributed by atoms with Crippen molar-refractivity contribution < 1.29 is 22.6 Å². The number of benzene rings is 2. The van der Waals surface area contributed by atoms with Gasteiger partial charge in [-0.05, 0) is 30.2 Å². The lowest BCUT2D eigenvalue weighted by atomic mass is 9.97. The fourth-order valence-corrected chi connectivity index (χ4v) is 4.15. The average molecular weight is 361 g/mol. The van der Waals surface area contributed by atoms with Crippen LogP contribution in [0.5, 0.6) is 17.2 Å². The van der Waals surface area contributed by atoms with Gasteiger partial charge in [-0.15, -0.1) is 0 Å². The van der Waals surface area contributed by atoms with Crippen LogP contribution < -0.4 is 18.9 Å². The summed E-state index contributed by atoms with van der Waals surface area (Å²) < 4.78 is 44.4. The molecule has 4 rings (SSSR count). The van der Waals surface area contributed by atoms with Crippen molar-refractivity contribution in [1.29, 1.82) is 0 Å². The maximum absolute atomic E-state index is 12.6. The predicted molar refractivity (Wildman–Crippen MR) is 91.8 cm³/mol. The third-order valence-electron chi connectivity index (χ3n) is 4.34. The molecule has 2 aromatic carbocycles. The maximum Gasteiger partial charge on any atom is 0.240 e. The number of hydrogen-bond acceptors (Lipinski definition) is 5. The van der Waals surface area contributed by atoms with E-state index in [4.69, 9.17) is 14.2 Å². The van der Waals surface area contributed by atoms with Crippen LogP contribution >= 0.6 is 0 Å². The molecule has 0 aromatic heterocycles. The first-order valence-electron chi connectivity index (χ1n) is 8.22. The molecule has 0 aliphatic carbocycles. The topological polar surface area (TPSA) is 73.9 Å². The van der Waals surface area contributed by atoms with Crippen LogP contribution in [0.4, 0.5) is 0 Å². The molecule has 6 nitrogen and oxygen atoms in total. The van der Waals surface area contributed by atoms with Crippen molar-refractivity contribution in [2.24, 2.45) is 5.92 Å². The van der Waals surface area contributed by atoms with E-state index in [1.54, 1.807) is 6.07 Å². The molecule has 0 unspecified atom stereocenters. The highest BCUT2D eigenvalue weighted by molar-refractivity contribution is 7.89. The van der Waals surface area contributed by atoms with Gasteiger partial charge in [-0.3, -0.25) is 0 Å². The van der Waals surface area contributed by atoms with Crippen LogP contribution in [-0.4, -0.2) is 34.8 Å². The Balaban J connectivity index is 1.44. The van der Waals surface area contributed by atoms with E-state index in [0.717, 1.165) is 17.7 Å². The summed E-state index contributed by atoms with van der Waals surface area (Å²) in [5, 5.41) is 0. The lowest BCUT2D eigenvalue weighted by molar-refractivity contribution is 0.171. The van der Waals surface area contributed by atoms with Crippen molar-refractivity contribution in [3.05, 3.63) is 48.0 Å². The molecule has 2 aliphatic heterocycles. The monoisotopic (exact) mass is 361 g/mol. The Morgan fingerprint density at radius 1 is 0.960 bits per heavy atom. The van der Waals surface area contributed by atoms with Crippen molar-refractivity contribution in [2.45, 2.75) is 11.3 Å². The zero-order valence-electron chi connectivity index (χ0n) is 13.6. The van der Waals surface area contributed by atoms with Gasteiger partial charge in [0.05, 0.1) is 11.5 Å². The van der Waals surface area contributed by atoms with Gasteiger partial charge in [-0.1, -0.05) is 18.2 Å². The molecule has 0 radical (unpaired) electrons. The predicted octanol–water partition coefficient (Wildman–Crippen LogP) is 1.99. The van der Waals surface area contributed by atoms with Gasteiger partial charge in [-0.2, -0.15) is 0 Å². The minimum atomic E-state index is -3.61. The molecule has 2 aliphatic rings. The molecule has 132 valence electrons. The Bertz CT molecular complexity index is 881. The zero-order chi connectivity index (χ0) is 17.3. The summed E-state index contributed by atoms with van der Waals surface area (Å²) >= 11 is 0. The minimum Gasteiger partial charge on any atom is -0.493 e. The van der Waals surface area contributed by atoms with Gasteiger partial charge in [0.2, 0.25) is 10.0 Å². The lowest BCUT2D eigenvalue weighted by Gasteiger charge is -2.25. The highest BCUT2D eigenvalue weighted by Crippen LogP contribution is 2.32. The second-order valence-electron chi connectivity index (χ2n) is 6.15. The third-order valence-corrected chi connectivity index (χ3v) is 5.76. The number of sulfonamides is 1. The Morgan fingerprint density at radius 3 is 2.64 bits per heavy atom. The molecule has 1 atom stereocenters. The number of hydrogen-bond donors (Lipinski definition) is 1. The summed E-state index contributed by atoms with van der Waals surface area (Å²) in [5.74, 6) is 2.02. The van der Waals surface area contributed by atoms with Gasteiger partial charge in [0.15, 0.2) is 11.5 Å². The number of para-hydroxylation sites is 1. The molecular formula is C18H19NO5S.